The molecule has 0 bridgehead atoms. The molecule has 0 aliphatic carbocycles. The standard InChI is InChI=1S/C30H36BrN3O4S/c1-5-6-18-32-30(36)24(4)33(20-25-14-10-22(2)11-15-25)29(35)21-34(27-9-7-8-26(31)19-27)39(37,38)28-16-12-23(3)13-17-28/h7-17,19,24H,5-6,18,20-21H2,1-4H3,(H,32,36). The van der Waals surface area contributed by atoms with Gasteiger partial charge in [-0.2, -0.15) is 0 Å². The van der Waals surface area contributed by atoms with Crippen LogP contribution in [0.4, 0.5) is 5.69 Å². The molecule has 0 heterocycles. The Morgan fingerprint density at radius 1 is 0.949 bits per heavy atom. The van der Waals surface area contributed by atoms with Gasteiger partial charge in [0.25, 0.3) is 10.0 Å². The third-order valence-corrected chi connectivity index (χ3v) is 8.74. The van der Waals surface area contributed by atoms with Crippen molar-refractivity contribution in [2.45, 2.75) is 58.0 Å². The molecular formula is C30H36BrN3O4S. The molecule has 0 radical (unpaired) electrons. The number of carbonyl (C=O) groups excluding carboxylic acids is 2. The van der Waals surface area contributed by atoms with E-state index in [1.54, 1.807) is 43.3 Å². The van der Waals surface area contributed by atoms with E-state index in [9.17, 15) is 18.0 Å². The Morgan fingerprint density at radius 2 is 1.56 bits per heavy atom. The summed E-state index contributed by atoms with van der Waals surface area (Å²) in [6.07, 6.45) is 1.76. The Kier molecular flexibility index (Phi) is 10.7. The minimum atomic E-state index is -4.09. The number of benzene rings is 3. The molecule has 0 aliphatic heterocycles. The number of carbonyl (C=O) groups is 2. The highest BCUT2D eigenvalue weighted by molar-refractivity contribution is 9.10. The zero-order chi connectivity index (χ0) is 28.6. The summed E-state index contributed by atoms with van der Waals surface area (Å²) in [5.41, 5.74) is 3.18. The Morgan fingerprint density at radius 3 is 2.15 bits per heavy atom. The summed E-state index contributed by atoms with van der Waals surface area (Å²) in [6, 6.07) is 20.2. The molecule has 208 valence electrons. The fourth-order valence-corrected chi connectivity index (χ4v) is 5.80. The van der Waals surface area contributed by atoms with E-state index in [4.69, 9.17) is 0 Å². The van der Waals surface area contributed by atoms with E-state index in [0.717, 1.165) is 33.8 Å². The van der Waals surface area contributed by atoms with Crippen LogP contribution < -0.4 is 9.62 Å². The molecule has 2 amide bonds. The third-order valence-electron chi connectivity index (χ3n) is 6.45. The molecule has 1 N–H and O–H groups in total. The van der Waals surface area contributed by atoms with Gasteiger partial charge in [-0.1, -0.05) is 82.9 Å². The van der Waals surface area contributed by atoms with E-state index in [-0.39, 0.29) is 17.3 Å². The van der Waals surface area contributed by atoms with Crippen molar-refractivity contribution >= 4 is 43.5 Å². The summed E-state index contributed by atoms with van der Waals surface area (Å²) in [5, 5.41) is 2.90. The number of aryl methyl sites for hydroxylation is 2. The van der Waals surface area contributed by atoms with Crippen LogP contribution in [-0.4, -0.2) is 44.3 Å². The lowest BCUT2D eigenvalue weighted by Crippen LogP contribution is -2.51. The number of anilines is 1. The average Bonchev–Trinajstić information content (AvgIpc) is 2.91. The van der Waals surface area contributed by atoms with Crippen LogP contribution in [0.15, 0.2) is 82.2 Å². The van der Waals surface area contributed by atoms with Crippen LogP contribution in [-0.2, 0) is 26.2 Å². The molecule has 7 nitrogen and oxygen atoms in total. The SMILES string of the molecule is CCCCNC(=O)C(C)N(Cc1ccc(C)cc1)C(=O)CN(c1cccc(Br)c1)S(=O)(=O)c1ccc(C)cc1. The monoisotopic (exact) mass is 613 g/mol. The summed E-state index contributed by atoms with van der Waals surface area (Å²) in [7, 11) is -4.09. The molecule has 9 heteroatoms. The van der Waals surface area contributed by atoms with Gasteiger partial charge in [0, 0.05) is 17.6 Å². The zero-order valence-electron chi connectivity index (χ0n) is 22.9. The summed E-state index contributed by atoms with van der Waals surface area (Å²) in [5.74, 6) is -0.760. The van der Waals surface area contributed by atoms with Crippen molar-refractivity contribution in [2.75, 3.05) is 17.4 Å². The number of sulfonamides is 1. The van der Waals surface area contributed by atoms with E-state index in [1.807, 2.05) is 45.0 Å². The predicted octanol–water partition coefficient (Wildman–Crippen LogP) is 5.59. The van der Waals surface area contributed by atoms with Crippen molar-refractivity contribution in [3.05, 3.63) is 94.0 Å². The zero-order valence-corrected chi connectivity index (χ0v) is 25.3. The molecule has 3 aromatic rings. The topological polar surface area (TPSA) is 86.8 Å². The van der Waals surface area contributed by atoms with Gasteiger partial charge in [-0.3, -0.25) is 13.9 Å². The summed E-state index contributed by atoms with van der Waals surface area (Å²) >= 11 is 3.41. The number of hydrogen-bond acceptors (Lipinski definition) is 4. The second-order valence-corrected chi connectivity index (χ2v) is 12.4. The third kappa shape index (κ3) is 8.16. The van der Waals surface area contributed by atoms with E-state index in [0.29, 0.717) is 16.7 Å². The summed E-state index contributed by atoms with van der Waals surface area (Å²) < 4.78 is 29.5. The first-order chi connectivity index (χ1) is 18.5. The lowest BCUT2D eigenvalue weighted by Gasteiger charge is -2.32. The number of nitrogens with zero attached hydrogens (tertiary/aromatic N) is 2. The number of amides is 2. The molecule has 39 heavy (non-hydrogen) atoms. The molecule has 0 saturated heterocycles. The Balaban J connectivity index is 1.99. The van der Waals surface area contributed by atoms with Crippen LogP contribution in [0.3, 0.4) is 0 Å². The first kappa shape index (κ1) is 30.4. The Labute approximate surface area is 240 Å². The molecule has 1 atom stereocenters. The highest BCUT2D eigenvalue weighted by Gasteiger charge is 2.32. The van der Waals surface area contributed by atoms with Gasteiger partial charge < -0.3 is 10.2 Å². The average molecular weight is 615 g/mol. The van der Waals surface area contributed by atoms with Crippen LogP contribution in [0, 0.1) is 13.8 Å². The van der Waals surface area contributed by atoms with Crippen LogP contribution in [0.5, 0.6) is 0 Å². The first-order valence-corrected chi connectivity index (χ1v) is 15.2. The maximum atomic E-state index is 13.9. The second kappa shape index (κ2) is 13.8. The van der Waals surface area contributed by atoms with Gasteiger partial charge in [-0.05, 0) is 63.1 Å². The largest absolute Gasteiger partial charge is 0.354 e. The number of unbranched alkanes of at least 4 members (excludes halogenated alkanes) is 1. The molecule has 0 aromatic heterocycles. The lowest BCUT2D eigenvalue weighted by atomic mass is 10.1. The minimum absolute atomic E-state index is 0.0799. The maximum Gasteiger partial charge on any atom is 0.264 e. The molecule has 3 aromatic carbocycles. The molecule has 0 spiro atoms. The molecule has 0 aliphatic rings. The smallest absolute Gasteiger partial charge is 0.264 e. The normalized spacial score (nSPS) is 12.0. The number of hydrogen-bond donors (Lipinski definition) is 1. The predicted molar refractivity (Wildman–Crippen MR) is 159 cm³/mol. The van der Waals surface area contributed by atoms with E-state index in [1.165, 1.54) is 17.0 Å². The van der Waals surface area contributed by atoms with E-state index in [2.05, 4.69) is 21.2 Å². The highest BCUT2D eigenvalue weighted by Crippen LogP contribution is 2.27. The van der Waals surface area contributed by atoms with Gasteiger partial charge in [-0.25, -0.2) is 8.42 Å². The van der Waals surface area contributed by atoms with Crippen molar-refractivity contribution < 1.29 is 18.0 Å². The van der Waals surface area contributed by atoms with Gasteiger partial charge in [-0.15, -0.1) is 0 Å². The highest BCUT2D eigenvalue weighted by atomic mass is 79.9. The molecule has 0 fully saturated rings. The number of nitrogens with one attached hydrogen (secondary N) is 1. The van der Waals surface area contributed by atoms with E-state index >= 15 is 0 Å². The quantitative estimate of drug-likeness (QED) is 0.270. The number of halogens is 1. The first-order valence-electron chi connectivity index (χ1n) is 13.0. The Bertz CT molecular complexity index is 1380. The Hall–Kier alpha value is -3.17. The van der Waals surface area contributed by atoms with E-state index < -0.39 is 28.5 Å². The number of rotatable bonds is 12. The lowest BCUT2D eigenvalue weighted by molar-refractivity contribution is -0.139. The van der Waals surface area contributed by atoms with Gasteiger partial charge in [0.2, 0.25) is 11.8 Å². The molecular weight excluding hydrogens is 578 g/mol. The van der Waals surface area contributed by atoms with Gasteiger partial charge in [0.05, 0.1) is 10.6 Å². The minimum Gasteiger partial charge on any atom is -0.354 e. The fraction of sp³-hybridized carbons (Fsp3) is 0.333. The van der Waals surface area contributed by atoms with Gasteiger partial charge in [0.1, 0.15) is 12.6 Å². The summed E-state index contributed by atoms with van der Waals surface area (Å²) in [6.45, 7) is 7.77. The fourth-order valence-electron chi connectivity index (χ4n) is 4.01. The van der Waals surface area contributed by atoms with Crippen LogP contribution >= 0.6 is 15.9 Å². The van der Waals surface area contributed by atoms with Crippen molar-refractivity contribution in [3.8, 4) is 0 Å². The van der Waals surface area contributed by atoms with Crippen LogP contribution in [0.1, 0.15) is 43.4 Å². The second-order valence-electron chi connectivity index (χ2n) is 9.63. The van der Waals surface area contributed by atoms with Gasteiger partial charge >= 0.3 is 0 Å². The summed E-state index contributed by atoms with van der Waals surface area (Å²) in [4.78, 5) is 28.5. The van der Waals surface area contributed by atoms with Crippen molar-refractivity contribution in [2.24, 2.45) is 0 Å². The van der Waals surface area contributed by atoms with Crippen molar-refractivity contribution in [1.29, 1.82) is 0 Å². The van der Waals surface area contributed by atoms with Crippen LogP contribution in [0.25, 0.3) is 0 Å². The van der Waals surface area contributed by atoms with Crippen molar-refractivity contribution in [1.82, 2.24) is 10.2 Å². The molecule has 1 unspecified atom stereocenters. The van der Waals surface area contributed by atoms with Crippen LogP contribution in [0.2, 0.25) is 0 Å². The maximum absolute atomic E-state index is 13.9. The van der Waals surface area contributed by atoms with Crippen molar-refractivity contribution in [3.63, 3.8) is 0 Å². The van der Waals surface area contributed by atoms with Gasteiger partial charge in [0.15, 0.2) is 0 Å². The molecule has 3 rings (SSSR count). The molecule has 0 saturated carbocycles.